The molecule has 2 amide bonds. The predicted molar refractivity (Wildman–Crippen MR) is 170 cm³/mol. The van der Waals surface area contributed by atoms with Crippen LogP contribution in [-0.4, -0.2) is 73.3 Å². The molecule has 1 aliphatic heterocycles. The van der Waals surface area contributed by atoms with Crippen molar-refractivity contribution in [2.75, 3.05) is 31.1 Å². The van der Waals surface area contributed by atoms with Crippen LogP contribution in [-0.2, 0) is 5.41 Å². The number of hydrogen-bond acceptors (Lipinski definition) is 8. The number of carbonyl (C=O) groups is 2. The van der Waals surface area contributed by atoms with Crippen LogP contribution in [0.3, 0.4) is 0 Å². The van der Waals surface area contributed by atoms with Crippen LogP contribution in [0.2, 0.25) is 0 Å². The standard InChI is InChI=1S/C33H36N8O4/c1-19-16-22(8-11-24(19)20(2)36-29(42)30-38-31(39-45-30)33(3,4)5)27-25-17-26(37-28(25)35-18-34-27)21-6-9-23(10-7-21)40-12-14-41(15-13-40)32(43)44/h6-11,16-18,20H,12-15H2,1-5H3,(H,36,42)(H,43,44)(H,34,35,37)/t20-/m1/s1. The maximum atomic E-state index is 12.8. The Bertz CT molecular complexity index is 1860. The van der Waals surface area contributed by atoms with Gasteiger partial charge in [-0.25, -0.2) is 14.8 Å². The van der Waals surface area contributed by atoms with Gasteiger partial charge in [0.2, 0.25) is 0 Å². The van der Waals surface area contributed by atoms with E-state index in [0.29, 0.717) is 32.0 Å². The van der Waals surface area contributed by atoms with Crippen molar-refractivity contribution in [2.24, 2.45) is 0 Å². The van der Waals surface area contributed by atoms with Crippen molar-refractivity contribution in [2.45, 2.75) is 46.1 Å². The fourth-order valence-corrected chi connectivity index (χ4v) is 5.60. The Morgan fingerprint density at radius 3 is 2.36 bits per heavy atom. The van der Waals surface area contributed by atoms with E-state index in [1.807, 2.05) is 46.8 Å². The number of hydrogen-bond donors (Lipinski definition) is 3. The zero-order valence-corrected chi connectivity index (χ0v) is 26.0. The van der Waals surface area contributed by atoms with Crippen LogP contribution in [0.4, 0.5) is 10.5 Å². The minimum atomic E-state index is -0.869. The summed E-state index contributed by atoms with van der Waals surface area (Å²) in [4.78, 5) is 44.5. The number of aryl methyl sites for hydroxylation is 1. The number of anilines is 1. The van der Waals surface area contributed by atoms with Gasteiger partial charge in [0.05, 0.1) is 11.7 Å². The van der Waals surface area contributed by atoms with Gasteiger partial charge < -0.3 is 29.7 Å². The number of fused-ring (bicyclic) bond motifs is 1. The number of piperazine rings is 1. The van der Waals surface area contributed by atoms with Crippen molar-refractivity contribution in [1.29, 1.82) is 0 Å². The van der Waals surface area contributed by atoms with E-state index in [-0.39, 0.29) is 17.3 Å². The van der Waals surface area contributed by atoms with Gasteiger partial charge in [-0.3, -0.25) is 4.79 Å². The molecule has 0 aliphatic carbocycles. The number of aromatic nitrogens is 5. The van der Waals surface area contributed by atoms with E-state index in [2.05, 4.69) is 71.7 Å². The summed E-state index contributed by atoms with van der Waals surface area (Å²) >= 11 is 0. The van der Waals surface area contributed by atoms with Gasteiger partial charge in [-0.05, 0) is 54.8 Å². The molecule has 1 fully saturated rings. The highest BCUT2D eigenvalue weighted by Crippen LogP contribution is 2.32. The summed E-state index contributed by atoms with van der Waals surface area (Å²) in [7, 11) is 0. The quantitative estimate of drug-likeness (QED) is 0.224. The molecule has 45 heavy (non-hydrogen) atoms. The van der Waals surface area contributed by atoms with Crippen LogP contribution in [0.5, 0.6) is 0 Å². The monoisotopic (exact) mass is 608 g/mol. The fourth-order valence-electron chi connectivity index (χ4n) is 5.60. The lowest BCUT2D eigenvalue weighted by Crippen LogP contribution is -2.48. The van der Waals surface area contributed by atoms with Gasteiger partial charge in [0.15, 0.2) is 5.82 Å². The topological polar surface area (TPSA) is 153 Å². The van der Waals surface area contributed by atoms with E-state index < -0.39 is 12.0 Å². The summed E-state index contributed by atoms with van der Waals surface area (Å²) in [5, 5.41) is 17.0. The molecule has 0 unspecified atom stereocenters. The number of rotatable bonds is 6. The Morgan fingerprint density at radius 1 is 1.00 bits per heavy atom. The third-order valence-electron chi connectivity index (χ3n) is 8.17. The Balaban J connectivity index is 1.18. The van der Waals surface area contributed by atoms with Crippen LogP contribution < -0.4 is 10.2 Å². The fraction of sp³-hybridized carbons (Fsp3) is 0.333. The molecule has 0 spiro atoms. The molecule has 1 atom stereocenters. The van der Waals surface area contributed by atoms with E-state index in [0.717, 1.165) is 50.4 Å². The van der Waals surface area contributed by atoms with Crippen molar-refractivity contribution in [3.63, 3.8) is 0 Å². The first-order valence-corrected chi connectivity index (χ1v) is 14.9. The van der Waals surface area contributed by atoms with Crippen molar-refractivity contribution in [3.8, 4) is 22.5 Å². The van der Waals surface area contributed by atoms with Gasteiger partial charge in [0.25, 0.3) is 0 Å². The highest BCUT2D eigenvalue weighted by molar-refractivity contribution is 5.94. The molecule has 3 aromatic heterocycles. The molecule has 3 N–H and O–H groups in total. The first kappa shape index (κ1) is 29.8. The number of benzene rings is 2. The second kappa shape index (κ2) is 11.7. The number of carboxylic acid groups (broad SMARTS) is 1. The molecule has 0 radical (unpaired) electrons. The summed E-state index contributed by atoms with van der Waals surface area (Å²) in [5.74, 6) is 0.0103. The van der Waals surface area contributed by atoms with Gasteiger partial charge in [-0.15, -0.1) is 0 Å². The van der Waals surface area contributed by atoms with Gasteiger partial charge in [-0.2, -0.15) is 4.98 Å². The third-order valence-corrected chi connectivity index (χ3v) is 8.17. The molecule has 6 rings (SSSR count). The molecule has 4 heterocycles. The normalized spacial score (nSPS) is 14.5. The largest absolute Gasteiger partial charge is 0.465 e. The van der Waals surface area contributed by atoms with Crippen molar-refractivity contribution in [1.82, 2.24) is 35.3 Å². The zero-order chi connectivity index (χ0) is 31.9. The third kappa shape index (κ3) is 6.08. The van der Waals surface area contributed by atoms with E-state index >= 15 is 0 Å². The van der Waals surface area contributed by atoms with Gasteiger partial charge in [0.1, 0.15) is 12.0 Å². The smallest absolute Gasteiger partial charge is 0.407 e. The Labute approximate surface area is 260 Å². The van der Waals surface area contributed by atoms with Crippen molar-refractivity contribution < 1.29 is 19.2 Å². The van der Waals surface area contributed by atoms with Crippen molar-refractivity contribution >= 4 is 28.7 Å². The summed E-state index contributed by atoms with van der Waals surface area (Å²) in [6, 6.07) is 16.1. The average molecular weight is 609 g/mol. The molecule has 1 aliphatic rings. The molecule has 2 aromatic carbocycles. The highest BCUT2D eigenvalue weighted by Gasteiger charge is 2.25. The Kier molecular flexibility index (Phi) is 7.73. The summed E-state index contributed by atoms with van der Waals surface area (Å²) in [6.45, 7) is 12.1. The van der Waals surface area contributed by atoms with E-state index in [1.165, 1.54) is 4.90 Å². The zero-order valence-electron chi connectivity index (χ0n) is 26.0. The van der Waals surface area contributed by atoms with E-state index in [4.69, 9.17) is 4.52 Å². The molecular formula is C33H36N8O4. The first-order chi connectivity index (χ1) is 21.5. The molecule has 12 heteroatoms. The second-order valence-electron chi connectivity index (χ2n) is 12.4. The van der Waals surface area contributed by atoms with E-state index in [1.54, 1.807) is 6.33 Å². The van der Waals surface area contributed by atoms with Crippen LogP contribution in [0.25, 0.3) is 33.5 Å². The lowest BCUT2D eigenvalue weighted by atomic mass is 9.96. The van der Waals surface area contributed by atoms with Crippen LogP contribution in [0.1, 0.15) is 61.4 Å². The minimum Gasteiger partial charge on any atom is -0.465 e. The molecular weight excluding hydrogens is 572 g/mol. The number of nitrogens with one attached hydrogen (secondary N) is 2. The Hall–Kier alpha value is -5.26. The van der Waals surface area contributed by atoms with Gasteiger partial charge in [-0.1, -0.05) is 50.2 Å². The number of aromatic amines is 1. The summed E-state index contributed by atoms with van der Waals surface area (Å²) in [6.07, 6.45) is 0.687. The van der Waals surface area contributed by atoms with Crippen molar-refractivity contribution in [3.05, 3.63) is 77.7 Å². The summed E-state index contributed by atoms with van der Waals surface area (Å²) < 4.78 is 5.20. The lowest BCUT2D eigenvalue weighted by Gasteiger charge is -2.34. The molecule has 5 aromatic rings. The van der Waals surface area contributed by atoms with Gasteiger partial charge in [0, 0.05) is 53.9 Å². The molecule has 0 bridgehead atoms. The number of nitrogens with zero attached hydrogens (tertiary/aromatic N) is 6. The number of carbonyl (C=O) groups excluding carboxylic acids is 1. The van der Waals surface area contributed by atoms with Crippen LogP contribution in [0.15, 0.2) is 59.4 Å². The highest BCUT2D eigenvalue weighted by atomic mass is 16.5. The van der Waals surface area contributed by atoms with Gasteiger partial charge >= 0.3 is 17.9 Å². The molecule has 232 valence electrons. The maximum Gasteiger partial charge on any atom is 0.407 e. The minimum absolute atomic E-state index is 0.0547. The van der Waals surface area contributed by atoms with Crippen LogP contribution in [0, 0.1) is 6.92 Å². The SMILES string of the molecule is Cc1cc(-c2ncnc3[nH]c(-c4ccc(N5CCN(C(=O)O)CC5)cc4)cc23)ccc1[C@@H](C)NC(=O)c1nc(C(C)(C)C)no1. The summed E-state index contributed by atoms with van der Waals surface area (Å²) in [5.41, 5.74) is 7.13. The first-order valence-electron chi connectivity index (χ1n) is 14.9. The van der Waals surface area contributed by atoms with Crippen LogP contribution >= 0.6 is 0 Å². The van der Waals surface area contributed by atoms with E-state index in [9.17, 15) is 14.7 Å². The number of amides is 2. The molecule has 1 saturated heterocycles. The number of H-pyrrole nitrogens is 1. The predicted octanol–water partition coefficient (Wildman–Crippen LogP) is 5.57. The molecule has 12 nitrogen and oxygen atoms in total. The maximum absolute atomic E-state index is 12.8. The Morgan fingerprint density at radius 2 is 1.71 bits per heavy atom. The second-order valence-corrected chi connectivity index (χ2v) is 12.4. The molecule has 0 saturated carbocycles. The lowest BCUT2D eigenvalue weighted by molar-refractivity contribution is 0.0895. The average Bonchev–Trinajstić information content (AvgIpc) is 3.70.